The SMILES string of the molecule is CCOC(=O)Oc1ccccc1C(=O)Nc1ncc(N([O-])O)s1. The Hall–Kier alpha value is -2.69. The van der Waals surface area contributed by atoms with Crippen molar-refractivity contribution in [2.75, 3.05) is 17.2 Å². The van der Waals surface area contributed by atoms with Crippen LogP contribution in [0.1, 0.15) is 17.3 Å². The zero-order valence-corrected chi connectivity index (χ0v) is 12.7. The fourth-order valence-corrected chi connectivity index (χ4v) is 2.19. The maximum absolute atomic E-state index is 12.2. The molecule has 1 heterocycles. The van der Waals surface area contributed by atoms with Gasteiger partial charge in [-0.3, -0.25) is 15.3 Å². The summed E-state index contributed by atoms with van der Waals surface area (Å²) in [6, 6.07) is 6.07. The Morgan fingerprint density at radius 1 is 1.43 bits per heavy atom. The van der Waals surface area contributed by atoms with Crippen molar-refractivity contribution in [3.63, 3.8) is 0 Å². The number of rotatable bonds is 5. The molecule has 0 aliphatic heterocycles. The smallest absolute Gasteiger partial charge is 0.513 e. The largest absolute Gasteiger partial charge is 0.733 e. The zero-order valence-electron chi connectivity index (χ0n) is 11.9. The lowest BCUT2D eigenvalue weighted by atomic mass is 10.2. The molecular formula is C13H12N3O6S-. The Morgan fingerprint density at radius 2 is 2.17 bits per heavy atom. The summed E-state index contributed by atoms with van der Waals surface area (Å²) in [5, 5.41) is 21.6. The third-order valence-electron chi connectivity index (χ3n) is 2.49. The van der Waals surface area contributed by atoms with Crippen LogP contribution in [0.4, 0.5) is 14.9 Å². The molecule has 23 heavy (non-hydrogen) atoms. The van der Waals surface area contributed by atoms with Gasteiger partial charge in [0.05, 0.1) is 18.4 Å². The molecule has 0 unspecified atom stereocenters. The highest BCUT2D eigenvalue weighted by Gasteiger charge is 2.17. The Morgan fingerprint density at radius 3 is 2.83 bits per heavy atom. The van der Waals surface area contributed by atoms with Crippen LogP contribution in [-0.2, 0) is 4.74 Å². The minimum Gasteiger partial charge on any atom is -0.733 e. The minimum absolute atomic E-state index is 0.0211. The second-order valence-electron chi connectivity index (χ2n) is 4.01. The van der Waals surface area contributed by atoms with Gasteiger partial charge in [-0.05, 0) is 19.1 Å². The predicted octanol–water partition coefficient (Wildman–Crippen LogP) is 2.62. The van der Waals surface area contributed by atoms with Gasteiger partial charge in [0.15, 0.2) is 5.13 Å². The molecule has 122 valence electrons. The van der Waals surface area contributed by atoms with Gasteiger partial charge in [-0.1, -0.05) is 23.5 Å². The number of hydrogen-bond acceptors (Lipinski definition) is 9. The molecule has 0 bridgehead atoms. The fraction of sp³-hybridized carbons (Fsp3) is 0.154. The first-order valence-corrected chi connectivity index (χ1v) is 7.20. The summed E-state index contributed by atoms with van der Waals surface area (Å²) in [6.07, 6.45) is 0.181. The van der Waals surface area contributed by atoms with Crippen LogP contribution in [0.15, 0.2) is 30.5 Å². The summed E-state index contributed by atoms with van der Waals surface area (Å²) < 4.78 is 9.61. The molecule has 2 rings (SSSR count). The molecule has 0 spiro atoms. The van der Waals surface area contributed by atoms with Crippen LogP contribution in [0.2, 0.25) is 0 Å². The molecule has 2 N–H and O–H groups in total. The molecule has 1 amide bonds. The molecular weight excluding hydrogens is 326 g/mol. The van der Waals surface area contributed by atoms with Crippen molar-refractivity contribution in [1.82, 2.24) is 4.98 Å². The van der Waals surface area contributed by atoms with Crippen molar-refractivity contribution in [3.05, 3.63) is 41.2 Å². The maximum Gasteiger partial charge on any atom is 0.513 e. The van der Waals surface area contributed by atoms with Gasteiger partial charge < -0.3 is 19.9 Å². The Balaban J connectivity index is 2.13. The Bertz CT molecular complexity index is 703. The van der Waals surface area contributed by atoms with Gasteiger partial charge in [-0.25, -0.2) is 9.78 Å². The number of anilines is 2. The molecule has 0 saturated carbocycles. The molecule has 2 aromatic rings. The van der Waals surface area contributed by atoms with E-state index in [-0.39, 0.29) is 33.3 Å². The molecule has 0 radical (unpaired) electrons. The summed E-state index contributed by atoms with van der Waals surface area (Å²) in [7, 11) is 0. The predicted molar refractivity (Wildman–Crippen MR) is 81.8 cm³/mol. The van der Waals surface area contributed by atoms with Crippen LogP contribution in [0.5, 0.6) is 5.75 Å². The second-order valence-corrected chi connectivity index (χ2v) is 5.02. The number of carbonyl (C=O) groups is 2. The normalized spacial score (nSPS) is 10.0. The van der Waals surface area contributed by atoms with E-state index in [9.17, 15) is 14.8 Å². The first-order valence-electron chi connectivity index (χ1n) is 6.38. The van der Waals surface area contributed by atoms with Gasteiger partial charge in [0.1, 0.15) is 10.8 Å². The van der Waals surface area contributed by atoms with Crippen molar-refractivity contribution in [2.24, 2.45) is 0 Å². The van der Waals surface area contributed by atoms with Gasteiger partial charge in [0.25, 0.3) is 5.91 Å². The average molecular weight is 338 g/mol. The number of carbonyl (C=O) groups excluding carboxylic acids is 2. The van der Waals surface area contributed by atoms with Crippen molar-refractivity contribution in [3.8, 4) is 5.75 Å². The van der Waals surface area contributed by atoms with Crippen LogP contribution in [-0.4, -0.2) is 28.9 Å². The van der Waals surface area contributed by atoms with Gasteiger partial charge >= 0.3 is 6.16 Å². The molecule has 0 aliphatic carbocycles. The lowest BCUT2D eigenvalue weighted by molar-refractivity contribution is 0.0994. The Kier molecular flexibility index (Phi) is 5.46. The monoisotopic (exact) mass is 338 g/mol. The van der Waals surface area contributed by atoms with Gasteiger partial charge in [-0.15, -0.1) is 0 Å². The van der Waals surface area contributed by atoms with Gasteiger partial charge in [-0.2, -0.15) is 0 Å². The van der Waals surface area contributed by atoms with E-state index in [0.29, 0.717) is 0 Å². The topological polar surface area (TPSA) is 124 Å². The summed E-state index contributed by atoms with van der Waals surface area (Å²) in [6.45, 7) is 1.77. The molecule has 0 aliphatic rings. The number of nitrogens with zero attached hydrogens (tertiary/aromatic N) is 2. The van der Waals surface area contributed by atoms with E-state index in [1.165, 1.54) is 12.1 Å². The van der Waals surface area contributed by atoms with E-state index >= 15 is 0 Å². The first kappa shape index (κ1) is 16.7. The first-order chi connectivity index (χ1) is 11.0. The number of nitrogens with one attached hydrogen (secondary N) is 1. The summed E-state index contributed by atoms with van der Waals surface area (Å²) in [4.78, 5) is 27.4. The third kappa shape index (κ3) is 4.39. The van der Waals surface area contributed by atoms with Crippen molar-refractivity contribution in [1.29, 1.82) is 0 Å². The van der Waals surface area contributed by atoms with Crippen molar-refractivity contribution < 1.29 is 24.3 Å². The number of hydrogen-bond donors (Lipinski definition) is 2. The van der Waals surface area contributed by atoms with Crippen LogP contribution in [0.25, 0.3) is 0 Å². The van der Waals surface area contributed by atoms with Crippen LogP contribution < -0.4 is 15.3 Å². The minimum atomic E-state index is -0.924. The standard InChI is InChI=1S/C13H12N3O6S/c1-2-21-13(18)22-9-6-4-3-5-8(9)11(17)15-12-14-7-10(23-12)16(19)20/h3-7,19H,2H2,1H3,(H,14,15,17)/q-1. The van der Waals surface area contributed by atoms with Gasteiger partial charge in [0, 0.05) is 0 Å². The molecule has 1 aromatic carbocycles. The van der Waals surface area contributed by atoms with E-state index in [0.717, 1.165) is 17.5 Å². The number of benzene rings is 1. The van der Waals surface area contributed by atoms with E-state index in [1.807, 2.05) is 0 Å². The maximum atomic E-state index is 12.2. The molecule has 0 saturated heterocycles. The number of para-hydroxylation sites is 1. The number of aromatic nitrogens is 1. The molecule has 0 fully saturated rings. The van der Waals surface area contributed by atoms with E-state index in [4.69, 9.17) is 9.94 Å². The fourth-order valence-electron chi connectivity index (χ4n) is 1.56. The number of amides is 1. The van der Waals surface area contributed by atoms with Crippen LogP contribution in [0, 0.1) is 5.21 Å². The highest BCUT2D eigenvalue weighted by molar-refractivity contribution is 7.19. The molecule has 1 aromatic heterocycles. The zero-order chi connectivity index (χ0) is 16.8. The summed E-state index contributed by atoms with van der Waals surface area (Å²) in [5.41, 5.74) is 0.0836. The lowest BCUT2D eigenvalue weighted by Gasteiger charge is -2.17. The Labute approximate surface area is 134 Å². The average Bonchev–Trinajstić information content (AvgIpc) is 2.96. The van der Waals surface area contributed by atoms with E-state index in [2.05, 4.69) is 15.0 Å². The van der Waals surface area contributed by atoms with Crippen LogP contribution in [0.3, 0.4) is 0 Å². The summed E-state index contributed by atoms with van der Waals surface area (Å²) in [5.74, 6) is -0.575. The van der Waals surface area contributed by atoms with Crippen LogP contribution >= 0.6 is 11.3 Å². The quantitative estimate of drug-likeness (QED) is 0.484. The van der Waals surface area contributed by atoms with Crippen molar-refractivity contribution in [2.45, 2.75) is 6.92 Å². The molecule has 9 nitrogen and oxygen atoms in total. The van der Waals surface area contributed by atoms with Gasteiger partial charge in [0.2, 0.25) is 0 Å². The second kappa shape index (κ2) is 7.54. The third-order valence-corrected chi connectivity index (χ3v) is 3.36. The highest BCUT2D eigenvalue weighted by Crippen LogP contribution is 2.27. The number of ether oxygens (including phenoxy) is 2. The highest BCUT2D eigenvalue weighted by atomic mass is 32.1. The van der Waals surface area contributed by atoms with Crippen molar-refractivity contribution >= 4 is 33.5 Å². The number of thiazole rings is 1. The summed E-state index contributed by atoms with van der Waals surface area (Å²) >= 11 is 0.780. The van der Waals surface area contributed by atoms with E-state index in [1.54, 1.807) is 19.1 Å². The molecule has 0 atom stereocenters. The lowest BCUT2D eigenvalue weighted by Crippen LogP contribution is -2.16. The molecule has 10 heteroatoms. The van der Waals surface area contributed by atoms with E-state index < -0.39 is 12.1 Å².